The van der Waals surface area contributed by atoms with Crippen LogP contribution in [-0.4, -0.2) is 32.6 Å². The Morgan fingerprint density at radius 1 is 0.960 bits per heavy atom. The quantitative estimate of drug-likeness (QED) is 0.767. The van der Waals surface area contributed by atoms with Gasteiger partial charge in [0.2, 0.25) is 0 Å². The Bertz CT molecular complexity index is 766. The highest BCUT2D eigenvalue weighted by Gasteiger charge is 2.14. The van der Waals surface area contributed by atoms with E-state index in [4.69, 9.17) is 25.8 Å². The standard InChI is InChI=1S/C17H17ClN2O5/c1-23-13-8-7-11(18)9-12(13)17(22)20-19-16(21)10-25-15-6-4-3-5-14(15)24-2/h3-9H,10H2,1-2H3,(H,19,21)(H,20,22). The second kappa shape index (κ2) is 8.79. The molecule has 0 aliphatic heterocycles. The van der Waals surface area contributed by atoms with E-state index in [9.17, 15) is 9.59 Å². The van der Waals surface area contributed by atoms with E-state index in [1.807, 2.05) is 0 Å². The zero-order chi connectivity index (χ0) is 18.2. The number of nitrogens with one attached hydrogen (secondary N) is 2. The van der Waals surface area contributed by atoms with Crippen LogP contribution in [0.4, 0.5) is 0 Å². The largest absolute Gasteiger partial charge is 0.496 e. The lowest BCUT2D eigenvalue weighted by Gasteiger charge is -2.12. The smallest absolute Gasteiger partial charge is 0.276 e. The molecule has 0 aliphatic carbocycles. The molecule has 2 N–H and O–H groups in total. The van der Waals surface area contributed by atoms with Gasteiger partial charge in [-0.15, -0.1) is 0 Å². The molecule has 0 saturated carbocycles. The molecule has 0 aromatic heterocycles. The van der Waals surface area contributed by atoms with E-state index in [0.29, 0.717) is 22.3 Å². The lowest BCUT2D eigenvalue weighted by Crippen LogP contribution is -2.43. The number of rotatable bonds is 6. The van der Waals surface area contributed by atoms with Crippen LogP contribution in [0.25, 0.3) is 0 Å². The predicted molar refractivity (Wildman–Crippen MR) is 92.1 cm³/mol. The lowest BCUT2D eigenvalue weighted by atomic mass is 10.2. The van der Waals surface area contributed by atoms with Crippen LogP contribution in [0, 0.1) is 0 Å². The normalized spacial score (nSPS) is 9.88. The van der Waals surface area contributed by atoms with Crippen molar-refractivity contribution in [3.63, 3.8) is 0 Å². The number of carbonyl (C=O) groups is 2. The molecule has 0 fully saturated rings. The van der Waals surface area contributed by atoms with Crippen molar-refractivity contribution in [2.24, 2.45) is 0 Å². The number of hydrogen-bond donors (Lipinski definition) is 2. The number of para-hydroxylation sites is 2. The Morgan fingerprint density at radius 3 is 2.32 bits per heavy atom. The van der Waals surface area contributed by atoms with Gasteiger partial charge in [0.05, 0.1) is 19.8 Å². The molecule has 0 saturated heterocycles. The molecule has 2 aromatic carbocycles. The summed E-state index contributed by atoms with van der Waals surface area (Å²) in [5, 5.41) is 0.372. The minimum atomic E-state index is -0.565. The summed E-state index contributed by atoms with van der Waals surface area (Å²) in [6, 6.07) is 11.5. The molecule has 0 atom stereocenters. The SMILES string of the molecule is COc1ccccc1OCC(=O)NNC(=O)c1cc(Cl)ccc1OC. The molecule has 0 bridgehead atoms. The first-order valence-corrected chi connectivity index (χ1v) is 7.61. The van der Waals surface area contributed by atoms with Crippen LogP contribution in [0.1, 0.15) is 10.4 Å². The van der Waals surface area contributed by atoms with Crippen LogP contribution in [0.2, 0.25) is 5.02 Å². The number of methoxy groups -OCH3 is 2. The summed E-state index contributed by atoms with van der Waals surface area (Å²) in [5.41, 5.74) is 4.73. The van der Waals surface area contributed by atoms with Crippen LogP contribution < -0.4 is 25.1 Å². The summed E-state index contributed by atoms with van der Waals surface area (Å²) >= 11 is 5.87. The van der Waals surface area contributed by atoms with E-state index in [1.54, 1.807) is 36.4 Å². The predicted octanol–water partition coefficient (Wildman–Crippen LogP) is 2.20. The minimum Gasteiger partial charge on any atom is -0.496 e. The Balaban J connectivity index is 1.89. The molecule has 8 heteroatoms. The number of ether oxygens (including phenoxy) is 3. The maximum absolute atomic E-state index is 12.1. The van der Waals surface area contributed by atoms with E-state index in [-0.39, 0.29) is 12.2 Å². The number of benzene rings is 2. The molecule has 2 aromatic rings. The zero-order valence-corrected chi connectivity index (χ0v) is 14.4. The minimum absolute atomic E-state index is 0.195. The van der Waals surface area contributed by atoms with Crippen LogP contribution in [0.15, 0.2) is 42.5 Å². The molecule has 0 radical (unpaired) electrons. The second-order valence-corrected chi connectivity index (χ2v) is 5.22. The highest BCUT2D eigenvalue weighted by atomic mass is 35.5. The van der Waals surface area contributed by atoms with Crippen molar-refractivity contribution in [3.8, 4) is 17.2 Å². The van der Waals surface area contributed by atoms with E-state index < -0.39 is 11.8 Å². The molecule has 2 amide bonds. The molecule has 7 nitrogen and oxygen atoms in total. The van der Waals surface area contributed by atoms with E-state index in [0.717, 1.165) is 0 Å². The molecule has 132 valence electrons. The van der Waals surface area contributed by atoms with Crippen molar-refractivity contribution in [1.82, 2.24) is 10.9 Å². The van der Waals surface area contributed by atoms with Crippen molar-refractivity contribution < 1.29 is 23.8 Å². The number of hydrogen-bond acceptors (Lipinski definition) is 5. The topological polar surface area (TPSA) is 85.9 Å². The number of amides is 2. The lowest BCUT2D eigenvalue weighted by molar-refractivity contribution is -0.123. The summed E-state index contributed by atoms with van der Waals surface area (Å²) in [4.78, 5) is 24.0. The van der Waals surface area contributed by atoms with Crippen molar-refractivity contribution >= 4 is 23.4 Å². The second-order valence-electron chi connectivity index (χ2n) is 4.79. The van der Waals surface area contributed by atoms with Gasteiger partial charge in [0.1, 0.15) is 5.75 Å². The van der Waals surface area contributed by atoms with Gasteiger partial charge in [-0.3, -0.25) is 20.4 Å². The number of hydrazine groups is 1. The van der Waals surface area contributed by atoms with Gasteiger partial charge < -0.3 is 14.2 Å². The van der Waals surface area contributed by atoms with E-state index >= 15 is 0 Å². The highest BCUT2D eigenvalue weighted by Crippen LogP contribution is 2.25. The van der Waals surface area contributed by atoms with Crippen LogP contribution >= 0.6 is 11.6 Å². The maximum Gasteiger partial charge on any atom is 0.276 e. The van der Waals surface area contributed by atoms with Gasteiger partial charge in [-0.1, -0.05) is 23.7 Å². The Kier molecular flexibility index (Phi) is 6.47. The molecular weight excluding hydrogens is 348 g/mol. The van der Waals surface area contributed by atoms with Crippen LogP contribution in [-0.2, 0) is 4.79 Å². The third-order valence-corrected chi connectivity index (χ3v) is 3.38. The first-order chi connectivity index (χ1) is 12.0. The van der Waals surface area contributed by atoms with Crippen molar-refractivity contribution in [3.05, 3.63) is 53.1 Å². The van der Waals surface area contributed by atoms with Gasteiger partial charge >= 0.3 is 0 Å². The third kappa shape index (κ3) is 5.02. The summed E-state index contributed by atoms with van der Waals surface area (Å²) in [6.07, 6.45) is 0. The monoisotopic (exact) mass is 364 g/mol. The molecule has 0 unspecified atom stereocenters. The first-order valence-electron chi connectivity index (χ1n) is 7.23. The highest BCUT2D eigenvalue weighted by molar-refractivity contribution is 6.31. The third-order valence-electron chi connectivity index (χ3n) is 3.15. The molecular formula is C17H17ClN2O5. The fourth-order valence-corrected chi connectivity index (χ4v) is 2.14. The molecule has 0 aliphatic rings. The van der Waals surface area contributed by atoms with Gasteiger partial charge in [-0.25, -0.2) is 0 Å². The molecule has 0 heterocycles. The molecule has 2 rings (SSSR count). The fourth-order valence-electron chi connectivity index (χ4n) is 1.97. The van der Waals surface area contributed by atoms with Crippen molar-refractivity contribution in [2.45, 2.75) is 0 Å². The van der Waals surface area contributed by atoms with Gasteiger partial charge in [0.15, 0.2) is 18.1 Å². The number of halogens is 1. The van der Waals surface area contributed by atoms with Gasteiger partial charge in [0.25, 0.3) is 11.8 Å². The summed E-state index contributed by atoms with van der Waals surface area (Å²) in [7, 11) is 2.93. The maximum atomic E-state index is 12.1. The Labute approximate surface area is 149 Å². The van der Waals surface area contributed by atoms with Gasteiger partial charge in [-0.2, -0.15) is 0 Å². The van der Waals surface area contributed by atoms with E-state index in [1.165, 1.54) is 20.3 Å². The fraction of sp³-hybridized carbons (Fsp3) is 0.176. The average molecular weight is 365 g/mol. The average Bonchev–Trinajstić information content (AvgIpc) is 2.64. The van der Waals surface area contributed by atoms with E-state index in [2.05, 4.69) is 10.9 Å². The Morgan fingerprint density at radius 2 is 1.64 bits per heavy atom. The summed E-state index contributed by atoms with van der Waals surface area (Å²) in [6.45, 7) is -0.298. The molecule has 25 heavy (non-hydrogen) atoms. The Hall–Kier alpha value is -2.93. The van der Waals surface area contributed by atoms with Gasteiger partial charge in [0, 0.05) is 5.02 Å². The number of carbonyl (C=O) groups excluding carboxylic acids is 2. The van der Waals surface area contributed by atoms with Crippen molar-refractivity contribution in [2.75, 3.05) is 20.8 Å². The van der Waals surface area contributed by atoms with Crippen molar-refractivity contribution in [1.29, 1.82) is 0 Å². The van der Waals surface area contributed by atoms with Crippen LogP contribution in [0.3, 0.4) is 0 Å². The first kappa shape index (κ1) is 18.4. The molecule has 0 spiro atoms. The summed E-state index contributed by atoms with van der Waals surface area (Å²) in [5.74, 6) is 0.151. The van der Waals surface area contributed by atoms with Crippen LogP contribution in [0.5, 0.6) is 17.2 Å². The zero-order valence-electron chi connectivity index (χ0n) is 13.7. The summed E-state index contributed by atoms with van der Waals surface area (Å²) < 4.78 is 15.6. The van der Waals surface area contributed by atoms with Gasteiger partial charge in [-0.05, 0) is 30.3 Å².